The minimum Gasteiger partial charge on any atom is -0.381 e. The fraction of sp³-hybridized carbons (Fsp3) is 0.654. The molecule has 2 fully saturated rings. The maximum atomic E-state index is 13.1. The summed E-state index contributed by atoms with van der Waals surface area (Å²) in [7, 11) is 3.45. The summed E-state index contributed by atoms with van der Waals surface area (Å²) in [5, 5.41) is 4.12. The van der Waals surface area contributed by atoms with Crippen LogP contribution in [-0.2, 0) is 14.3 Å². The van der Waals surface area contributed by atoms with E-state index >= 15 is 0 Å². The number of rotatable bonds is 9. The number of hydrogen-bond acceptors (Lipinski definition) is 6. The first kappa shape index (κ1) is 25.1. The van der Waals surface area contributed by atoms with Gasteiger partial charge in [-0.05, 0) is 62.0 Å². The predicted molar refractivity (Wildman–Crippen MR) is 134 cm³/mol. The van der Waals surface area contributed by atoms with Crippen molar-refractivity contribution in [2.45, 2.75) is 63.6 Å². The zero-order chi connectivity index (χ0) is 23.9. The van der Waals surface area contributed by atoms with Crippen LogP contribution in [0.2, 0.25) is 0 Å². The molecule has 1 aliphatic carbocycles. The van der Waals surface area contributed by atoms with Crippen LogP contribution in [0.25, 0.3) is 10.1 Å². The highest BCUT2D eigenvalue weighted by Crippen LogP contribution is 2.31. The third kappa shape index (κ3) is 6.34. The van der Waals surface area contributed by atoms with Crippen molar-refractivity contribution in [2.24, 2.45) is 11.8 Å². The number of hydrogen-bond donors (Lipinski definition) is 1. The molecule has 0 radical (unpaired) electrons. The summed E-state index contributed by atoms with van der Waals surface area (Å²) in [5.74, 6) is 0.963. The topological polar surface area (TPSA) is 80.8 Å². The summed E-state index contributed by atoms with van der Waals surface area (Å²) in [5.41, 5.74) is 0. The number of piperidine rings is 1. The van der Waals surface area contributed by atoms with Gasteiger partial charge >= 0.3 is 0 Å². The largest absolute Gasteiger partial charge is 0.381 e. The van der Waals surface area contributed by atoms with E-state index in [1.165, 1.54) is 11.3 Å². The number of likely N-dealkylation sites (tertiary alicyclic amines) is 1. The lowest BCUT2D eigenvalue weighted by atomic mass is 9.83. The number of aromatic nitrogens is 1. The molecule has 3 heterocycles. The molecule has 2 amide bonds. The van der Waals surface area contributed by atoms with Gasteiger partial charge in [0.1, 0.15) is 0 Å². The number of fused-ring (bicyclic) bond motifs is 1. The van der Waals surface area contributed by atoms with E-state index in [0.717, 1.165) is 79.4 Å². The summed E-state index contributed by atoms with van der Waals surface area (Å²) in [6.45, 7) is 2.41. The van der Waals surface area contributed by atoms with E-state index < -0.39 is 0 Å². The quantitative estimate of drug-likeness (QED) is 0.535. The number of pyridine rings is 1. The Morgan fingerprint density at radius 2 is 1.85 bits per heavy atom. The van der Waals surface area contributed by atoms with Gasteiger partial charge in [-0.15, -0.1) is 11.3 Å². The predicted octanol–water partition coefficient (Wildman–Crippen LogP) is 4.27. The van der Waals surface area contributed by atoms with Crippen molar-refractivity contribution in [1.82, 2.24) is 15.2 Å². The Kier molecular flexibility index (Phi) is 8.92. The van der Waals surface area contributed by atoms with Gasteiger partial charge in [-0.3, -0.25) is 14.6 Å². The van der Waals surface area contributed by atoms with Crippen LogP contribution in [0, 0.1) is 11.8 Å². The van der Waals surface area contributed by atoms with Gasteiger partial charge in [0.25, 0.3) is 5.91 Å². The molecule has 8 heteroatoms. The molecular weight excluding hydrogens is 450 g/mol. The third-order valence-corrected chi connectivity index (χ3v) is 8.52. The SMILES string of the molecule is COC1CC(OC)CC(C(=O)N2CCC(CCCCNC(=O)c3cc4ccncc4s3)CC2)C1. The number of thiophene rings is 1. The number of amides is 2. The summed E-state index contributed by atoms with van der Waals surface area (Å²) in [6.07, 6.45) is 11.6. The Labute approximate surface area is 206 Å². The highest BCUT2D eigenvalue weighted by Gasteiger charge is 2.36. The first-order valence-corrected chi connectivity index (χ1v) is 13.3. The molecular formula is C26H37N3O4S. The van der Waals surface area contributed by atoms with Gasteiger partial charge in [0.05, 0.1) is 21.8 Å². The molecule has 7 nitrogen and oxygen atoms in total. The zero-order valence-electron chi connectivity index (χ0n) is 20.3. The van der Waals surface area contributed by atoms with Crippen LogP contribution in [0.3, 0.4) is 0 Å². The lowest BCUT2D eigenvalue weighted by Crippen LogP contribution is -2.45. The molecule has 34 heavy (non-hydrogen) atoms. The minimum atomic E-state index is 0.00200. The number of methoxy groups -OCH3 is 2. The maximum Gasteiger partial charge on any atom is 0.261 e. The van der Waals surface area contributed by atoms with Crippen LogP contribution in [0.5, 0.6) is 0 Å². The first-order chi connectivity index (χ1) is 16.6. The molecule has 0 bridgehead atoms. The Morgan fingerprint density at radius 1 is 1.12 bits per heavy atom. The van der Waals surface area contributed by atoms with E-state index in [2.05, 4.69) is 15.2 Å². The molecule has 2 atom stereocenters. The van der Waals surface area contributed by atoms with E-state index in [1.807, 2.05) is 12.1 Å². The monoisotopic (exact) mass is 487 g/mol. The Balaban J connectivity index is 1.12. The van der Waals surface area contributed by atoms with Gasteiger partial charge in [0.2, 0.25) is 5.91 Å². The van der Waals surface area contributed by atoms with Crippen molar-refractivity contribution in [3.8, 4) is 0 Å². The number of nitrogens with one attached hydrogen (secondary N) is 1. The highest BCUT2D eigenvalue weighted by atomic mass is 32.1. The van der Waals surface area contributed by atoms with Gasteiger partial charge in [0, 0.05) is 52.2 Å². The molecule has 4 rings (SSSR count). The molecule has 1 saturated heterocycles. The van der Waals surface area contributed by atoms with E-state index in [4.69, 9.17) is 9.47 Å². The normalized spacial score (nSPS) is 23.8. The van der Waals surface area contributed by atoms with Gasteiger partial charge in [0.15, 0.2) is 0 Å². The van der Waals surface area contributed by atoms with Crippen LogP contribution in [0.1, 0.15) is 61.0 Å². The van der Waals surface area contributed by atoms with Crippen LogP contribution >= 0.6 is 11.3 Å². The Hall–Kier alpha value is -2.03. The van der Waals surface area contributed by atoms with Crippen molar-refractivity contribution in [2.75, 3.05) is 33.9 Å². The van der Waals surface area contributed by atoms with Crippen molar-refractivity contribution in [3.05, 3.63) is 29.4 Å². The lowest BCUT2D eigenvalue weighted by molar-refractivity contribution is -0.142. The average molecular weight is 488 g/mol. The van der Waals surface area contributed by atoms with Crippen LogP contribution < -0.4 is 5.32 Å². The van der Waals surface area contributed by atoms with Crippen molar-refractivity contribution >= 4 is 33.2 Å². The molecule has 2 aliphatic rings. The van der Waals surface area contributed by atoms with Crippen molar-refractivity contribution in [1.29, 1.82) is 0 Å². The minimum absolute atomic E-state index is 0.00200. The number of nitrogens with zero attached hydrogens (tertiary/aromatic N) is 2. The summed E-state index contributed by atoms with van der Waals surface area (Å²) in [4.78, 5) is 32.4. The van der Waals surface area contributed by atoms with Gasteiger partial charge in [-0.25, -0.2) is 0 Å². The second-order valence-corrected chi connectivity index (χ2v) is 10.7. The number of ether oxygens (including phenoxy) is 2. The second kappa shape index (κ2) is 12.1. The zero-order valence-corrected chi connectivity index (χ0v) is 21.1. The summed E-state index contributed by atoms with van der Waals surface area (Å²) >= 11 is 1.49. The van der Waals surface area contributed by atoms with Crippen molar-refractivity contribution in [3.63, 3.8) is 0 Å². The standard InChI is InChI=1S/C26H37N3O4S/c1-32-21-13-20(14-22(16-21)33-2)26(31)29-11-7-18(8-12-29)5-3-4-9-28-25(30)23-15-19-6-10-27-17-24(19)34-23/h6,10,15,17-18,20-22H,3-5,7-9,11-14,16H2,1-2H3,(H,28,30). The van der Waals surface area contributed by atoms with Crippen molar-refractivity contribution < 1.29 is 19.1 Å². The fourth-order valence-electron chi connectivity index (χ4n) is 5.35. The molecule has 0 aromatic carbocycles. The van der Waals surface area contributed by atoms with E-state index in [0.29, 0.717) is 12.5 Å². The maximum absolute atomic E-state index is 13.1. The molecule has 1 saturated carbocycles. The smallest absolute Gasteiger partial charge is 0.261 e. The molecule has 2 aromatic rings. The van der Waals surface area contributed by atoms with E-state index in [9.17, 15) is 9.59 Å². The van der Waals surface area contributed by atoms with Gasteiger partial charge < -0.3 is 19.7 Å². The van der Waals surface area contributed by atoms with E-state index in [-0.39, 0.29) is 29.9 Å². The number of carbonyl (C=O) groups excluding carboxylic acids is 2. The average Bonchev–Trinajstić information content (AvgIpc) is 3.32. The summed E-state index contributed by atoms with van der Waals surface area (Å²) in [6, 6.07) is 3.87. The molecule has 2 aromatic heterocycles. The highest BCUT2D eigenvalue weighted by molar-refractivity contribution is 7.20. The summed E-state index contributed by atoms with van der Waals surface area (Å²) < 4.78 is 12.1. The second-order valence-electron chi connectivity index (χ2n) is 9.66. The molecule has 0 spiro atoms. The Morgan fingerprint density at radius 3 is 2.53 bits per heavy atom. The van der Waals surface area contributed by atoms with Crippen LogP contribution in [0.15, 0.2) is 24.5 Å². The molecule has 1 N–H and O–H groups in total. The lowest BCUT2D eigenvalue weighted by Gasteiger charge is -2.38. The Bertz CT molecular complexity index is 911. The van der Waals surface area contributed by atoms with E-state index in [1.54, 1.807) is 26.6 Å². The van der Waals surface area contributed by atoms with Gasteiger partial charge in [-0.2, -0.15) is 0 Å². The van der Waals surface area contributed by atoms with Crippen LogP contribution in [-0.4, -0.2) is 67.8 Å². The first-order valence-electron chi connectivity index (χ1n) is 12.5. The fourth-order valence-corrected chi connectivity index (χ4v) is 6.29. The third-order valence-electron chi connectivity index (χ3n) is 7.43. The van der Waals surface area contributed by atoms with Gasteiger partial charge in [-0.1, -0.05) is 12.8 Å². The molecule has 186 valence electrons. The number of unbranched alkanes of at least 4 members (excludes halogenated alkanes) is 1. The van der Waals surface area contributed by atoms with Crippen LogP contribution in [0.4, 0.5) is 0 Å². The number of carbonyl (C=O) groups is 2. The molecule has 2 unspecified atom stereocenters. The molecule has 1 aliphatic heterocycles.